The van der Waals surface area contributed by atoms with Crippen molar-refractivity contribution in [3.05, 3.63) is 42.0 Å². The Bertz CT molecular complexity index is 786. The normalized spacial score (nSPS) is 11.0. The molecule has 0 fully saturated rings. The summed E-state index contributed by atoms with van der Waals surface area (Å²) < 4.78 is 10.3. The van der Waals surface area contributed by atoms with Crippen LogP contribution < -0.4 is 16.2 Å². The van der Waals surface area contributed by atoms with Gasteiger partial charge in [0, 0.05) is 17.9 Å². The van der Waals surface area contributed by atoms with Gasteiger partial charge in [-0.2, -0.15) is 0 Å². The molecule has 0 saturated carbocycles. The van der Waals surface area contributed by atoms with Crippen molar-refractivity contribution < 1.29 is 23.9 Å². The second-order valence-electron chi connectivity index (χ2n) is 4.86. The topological polar surface area (TPSA) is 122 Å². The third-order valence-electron chi connectivity index (χ3n) is 3.47. The molecule has 120 valence electrons. The van der Waals surface area contributed by atoms with E-state index in [0.717, 1.165) is 6.92 Å². The molecule has 0 radical (unpaired) electrons. The number of benzene rings is 2. The predicted octanol–water partition coefficient (Wildman–Crippen LogP) is 0.577. The van der Waals surface area contributed by atoms with E-state index in [4.69, 9.17) is 20.9 Å². The molecule has 0 aliphatic rings. The molecule has 2 aromatic carbocycles. The number of fused-ring (bicyclic) bond motifs is 1. The minimum atomic E-state index is -2.39. The quantitative estimate of drug-likeness (QED) is 0.617. The van der Waals surface area contributed by atoms with Gasteiger partial charge < -0.3 is 20.9 Å². The molecule has 0 heterocycles. The molecular weight excluding hydrogens is 300 g/mol. The van der Waals surface area contributed by atoms with Crippen LogP contribution in [0.15, 0.2) is 36.4 Å². The first-order chi connectivity index (χ1) is 10.8. The summed E-state index contributed by atoms with van der Waals surface area (Å²) in [5.74, 6) is -2.68. The molecule has 7 nitrogen and oxygen atoms in total. The molecule has 2 rings (SSSR count). The fraction of sp³-hybridized carbons (Fsp3) is 0.188. The van der Waals surface area contributed by atoms with Crippen LogP contribution in [0.5, 0.6) is 5.75 Å². The highest BCUT2D eigenvalue weighted by Gasteiger charge is 2.49. The molecule has 0 atom stereocenters. The summed E-state index contributed by atoms with van der Waals surface area (Å²) in [4.78, 5) is 35.5. The first-order valence-electron chi connectivity index (χ1n) is 6.70. The fourth-order valence-electron chi connectivity index (χ4n) is 2.51. The SMILES string of the molecule is COc1ccc(C(OC(C)=O)(C(N)=O)C(N)=O)c2ccccc12. The summed E-state index contributed by atoms with van der Waals surface area (Å²) in [5.41, 5.74) is 8.43. The highest BCUT2D eigenvalue weighted by molar-refractivity contribution is 6.12. The number of nitrogens with two attached hydrogens (primary N) is 2. The maximum Gasteiger partial charge on any atom is 0.304 e. The van der Waals surface area contributed by atoms with Crippen molar-refractivity contribution in [2.45, 2.75) is 12.5 Å². The van der Waals surface area contributed by atoms with Gasteiger partial charge in [-0.05, 0) is 17.5 Å². The van der Waals surface area contributed by atoms with E-state index in [1.54, 1.807) is 30.3 Å². The Kier molecular flexibility index (Phi) is 4.22. The van der Waals surface area contributed by atoms with Gasteiger partial charge in [0.1, 0.15) is 5.75 Å². The van der Waals surface area contributed by atoms with Crippen LogP contribution in [0.1, 0.15) is 12.5 Å². The molecule has 7 heteroatoms. The highest BCUT2D eigenvalue weighted by Crippen LogP contribution is 2.36. The Morgan fingerprint density at radius 3 is 2.00 bits per heavy atom. The Labute approximate surface area is 132 Å². The highest BCUT2D eigenvalue weighted by atomic mass is 16.6. The van der Waals surface area contributed by atoms with Crippen molar-refractivity contribution in [2.75, 3.05) is 7.11 Å². The van der Waals surface area contributed by atoms with Gasteiger partial charge in [0.25, 0.3) is 17.4 Å². The number of hydrogen-bond acceptors (Lipinski definition) is 5. The molecule has 0 aromatic heterocycles. The van der Waals surface area contributed by atoms with Crippen molar-refractivity contribution in [3.8, 4) is 5.75 Å². The smallest absolute Gasteiger partial charge is 0.304 e. The van der Waals surface area contributed by atoms with Crippen LogP contribution in [-0.2, 0) is 24.7 Å². The number of carbonyl (C=O) groups excluding carboxylic acids is 3. The van der Waals surface area contributed by atoms with Crippen LogP contribution in [-0.4, -0.2) is 24.9 Å². The minimum absolute atomic E-state index is 0.0871. The standard InChI is InChI=1S/C16H16N2O5/c1-9(19)23-16(14(17)20,15(18)21)12-7-8-13(22-2)11-6-4-3-5-10(11)12/h3-8H,1-2H3,(H2,17,20)(H2,18,21). The Morgan fingerprint density at radius 2 is 1.52 bits per heavy atom. The molecule has 4 N–H and O–H groups in total. The maximum atomic E-state index is 12.0. The number of amides is 2. The monoisotopic (exact) mass is 316 g/mol. The fourth-order valence-corrected chi connectivity index (χ4v) is 2.51. The van der Waals surface area contributed by atoms with E-state index in [0.29, 0.717) is 16.5 Å². The van der Waals surface area contributed by atoms with Crippen LogP contribution >= 0.6 is 0 Å². The lowest BCUT2D eigenvalue weighted by atomic mass is 9.87. The van der Waals surface area contributed by atoms with Gasteiger partial charge in [0.05, 0.1) is 7.11 Å². The lowest BCUT2D eigenvalue weighted by Gasteiger charge is -2.28. The van der Waals surface area contributed by atoms with E-state index in [2.05, 4.69) is 0 Å². The van der Waals surface area contributed by atoms with Crippen LogP contribution in [0.4, 0.5) is 0 Å². The van der Waals surface area contributed by atoms with Crippen molar-refractivity contribution in [1.29, 1.82) is 0 Å². The summed E-state index contributed by atoms with van der Waals surface area (Å²) in [7, 11) is 1.49. The zero-order chi connectivity index (χ0) is 17.2. The third-order valence-corrected chi connectivity index (χ3v) is 3.47. The first kappa shape index (κ1) is 16.3. The van der Waals surface area contributed by atoms with Gasteiger partial charge in [-0.25, -0.2) is 0 Å². The number of carbonyl (C=O) groups is 3. The molecule has 0 saturated heterocycles. The van der Waals surface area contributed by atoms with Gasteiger partial charge >= 0.3 is 5.97 Å². The van der Waals surface area contributed by atoms with Crippen LogP contribution in [0.25, 0.3) is 10.8 Å². The zero-order valence-corrected chi connectivity index (χ0v) is 12.7. The van der Waals surface area contributed by atoms with E-state index in [1.807, 2.05) is 0 Å². The average Bonchev–Trinajstić information content (AvgIpc) is 2.50. The van der Waals surface area contributed by atoms with Crippen molar-refractivity contribution in [2.24, 2.45) is 11.5 Å². The number of primary amides is 2. The number of ether oxygens (including phenoxy) is 2. The predicted molar refractivity (Wildman–Crippen MR) is 82.3 cm³/mol. The Morgan fingerprint density at radius 1 is 0.957 bits per heavy atom. The van der Waals surface area contributed by atoms with Gasteiger partial charge in [-0.1, -0.05) is 24.3 Å². The summed E-state index contributed by atoms with van der Waals surface area (Å²) in [6, 6.07) is 9.82. The molecule has 0 unspecified atom stereocenters. The summed E-state index contributed by atoms with van der Waals surface area (Å²) in [6.45, 7) is 1.06. The number of methoxy groups -OCH3 is 1. The molecule has 2 aromatic rings. The Hall–Kier alpha value is -3.09. The average molecular weight is 316 g/mol. The molecule has 0 aliphatic carbocycles. The van der Waals surface area contributed by atoms with Crippen molar-refractivity contribution in [1.82, 2.24) is 0 Å². The van der Waals surface area contributed by atoms with Crippen molar-refractivity contribution in [3.63, 3.8) is 0 Å². The number of esters is 1. The van der Waals surface area contributed by atoms with E-state index in [1.165, 1.54) is 13.2 Å². The van der Waals surface area contributed by atoms with Crippen LogP contribution in [0.2, 0.25) is 0 Å². The third kappa shape index (κ3) is 2.57. The lowest BCUT2D eigenvalue weighted by molar-refractivity contribution is -0.172. The minimum Gasteiger partial charge on any atom is -0.496 e. The lowest BCUT2D eigenvalue weighted by Crippen LogP contribution is -2.54. The first-order valence-corrected chi connectivity index (χ1v) is 6.70. The summed E-state index contributed by atoms with van der Waals surface area (Å²) in [6.07, 6.45) is 0. The second-order valence-corrected chi connectivity index (χ2v) is 4.86. The van der Waals surface area contributed by atoms with Gasteiger partial charge in [0.2, 0.25) is 0 Å². The van der Waals surface area contributed by atoms with Gasteiger partial charge in [0.15, 0.2) is 0 Å². The van der Waals surface area contributed by atoms with E-state index in [9.17, 15) is 14.4 Å². The molecule has 23 heavy (non-hydrogen) atoms. The zero-order valence-electron chi connectivity index (χ0n) is 12.7. The summed E-state index contributed by atoms with van der Waals surface area (Å²) >= 11 is 0. The second kappa shape index (κ2) is 5.96. The van der Waals surface area contributed by atoms with Crippen molar-refractivity contribution >= 4 is 28.6 Å². The van der Waals surface area contributed by atoms with Gasteiger partial charge in [-0.3, -0.25) is 14.4 Å². The van der Waals surface area contributed by atoms with E-state index < -0.39 is 23.4 Å². The Balaban J connectivity index is 2.89. The van der Waals surface area contributed by atoms with Crippen LogP contribution in [0, 0.1) is 0 Å². The molecule has 0 bridgehead atoms. The molecule has 0 spiro atoms. The number of rotatable bonds is 5. The number of hydrogen-bond donors (Lipinski definition) is 2. The van der Waals surface area contributed by atoms with E-state index >= 15 is 0 Å². The largest absolute Gasteiger partial charge is 0.496 e. The molecule has 2 amide bonds. The molecule has 0 aliphatic heterocycles. The van der Waals surface area contributed by atoms with Gasteiger partial charge in [-0.15, -0.1) is 0 Å². The van der Waals surface area contributed by atoms with E-state index in [-0.39, 0.29) is 5.56 Å². The maximum absolute atomic E-state index is 12.0. The van der Waals surface area contributed by atoms with Crippen LogP contribution in [0.3, 0.4) is 0 Å². The summed E-state index contributed by atoms with van der Waals surface area (Å²) in [5, 5.41) is 1.08. The molecular formula is C16H16N2O5.